The van der Waals surface area contributed by atoms with Gasteiger partial charge < -0.3 is 19.4 Å². The number of carbonyl (C=O) groups excluding carboxylic acids is 2. The van der Waals surface area contributed by atoms with Crippen LogP contribution in [0.5, 0.6) is 5.75 Å². The Labute approximate surface area is 282 Å². The van der Waals surface area contributed by atoms with Crippen molar-refractivity contribution in [1.82, 2.24) is 0 Å². The Kier molecular flexibility index (Phi) is 9.77. The maximum atomic E-state index is 14.4. The van der Waals surface area contributed by atoms with Crippen LogP contribution in [0.1, 0.15) is 37.0 Å². The molecule has 0 unspecified atom stereocenters. The zero-order chi connectivity index (χ0) is 27.7. The van der Waals surface area contributed by atoms with Crippen LogP contribution in [0.3, 0.4) is 0 Å². The number of hydrogen-bond acceptors (Lipinski definition) is 6. The molecule has 1 aliphatic carbocycles. The predicted octanol–water partition coefficient (Wildman–Crippen LogP) is 3.98. The van der Waals surface area contributed by atoms with E-state index in [4.69, 9.17) is 21.1 Å². The van der Waals surface area contributed by atoms with Crippen molar-refractivity contribution in [3.05, 3.63) is 94.1 Å². The van der Waals surface area contributed by atoms with Gasteiger partial charge in [0.05, 0.1) is 23.6 Å². The molecule has 10 heteroatoms. The summed E-state index contributed by atoms with van der Waals surface area (Å²) in [4.78, 5) is 24.7. The molecule has 0 saturated heterocycles. The van der Waals surface area contributed by atoms with Crippen molar-refractivity contribution in [2.45, 2.75) is 31.3 Å². The molecule has 6 nitrogen and oxygen atoms in total. The Morgan fingerprint density at radius 2 is 1.73 bits per heavy atom. The minimum Gasteiger partial charge on any atom is -0.549 e. The number of aliphatic carboxylic acids is 1. The van der Waals surface area contributed by atoms with Crippen LogP contribution in [0.4, 0.5) is 14.9 Å². The number of anilines is 1. The van der Waals surface area contributed by atoms with Crippen molar-refractivity contribution >= 4 is 40.7 Å². The molecular weight excluding hydrogens is 580 g/mol. The Morgan fingerprint density at radius 3 is 2.35 bits per heavy atom. The van der Waals surface area contributed by atoms with Gasteiger partial charge in [0.15, 0.2) is 5.13 Å². The van der Waals surface area contributed by atoms with E-state index >= 15 is 0 Å². The van der Waals surface area contributed by atoms with Gasteiger partial charge in [0.2, 0.25) is 0 Å². The molecule has 5 rings (SSSR count). The number of nitrogens with one attached hydrogen (secondary N) is 1. The molecule has 1 atom stereocenters. The van der Waals surface area contributed by atoms with E-state index in [0.717, 1.165) is 28.0 Å². The van der Waals surface area contributed by atoms with E-state index in [1.807, 2.05) is 24.3 Å². The van der Waals surface area contributed by atoms with E-state index in [1.54, 1.807) is 49.4 Å². The van der Waals surface area contributed by atoms with Gasteiger partial charge in [-0.25, -0.2) is 4.79 Å². The summed E-state index contributed by atoms with van der Waals surface area (Å²) in [6, 6.07) is 21.0. The molecule has 1 aliphatic rings. The van der Waals surface area contributed by atoms with Gasteiger partial charge in [-0.3, -0.25) is 5.32 Å². The number of halogens is 2. The number of thiophene rings is 1. The van der Waals surface area contributed by atoms with E-state index in [1.165, 1.54) is 13.2 Å². The number of carbonyl (C=O) groups is 2. The summed E-state index contributed by atoms with van der Waals surface area (Å²) in [6.45, 7) is 1.70. The Balaban J connectivity index is 0.00000370. The predicted molar refractivity (Wildman–Crippen MR) is 148 cm³/mol. The summed E-state index contributed by atoms with van der Waals surface area (Å²) in [5.74, 6) is -0.511. The number of hydrogen-bond donors (Lipinski definition) is 1. The zero-order valence-corrected chi connectivity index (χ0v) is 26.8. The monoisotopic (exact) mass is 603 g/mol. The molecule has 0 aliphatic heterocycles. The van der Waals surface area contributed by atoms with Crippen molar-refractivity contribution < 1.29 is 79.9 Å². The number of benzene rings is 3. The van der Waals surface area contributed by atoms with Crippen LogP contribution in [0.2, 0.25) is 5.02 Å². The number of methoxy groups -OCH3 is 1. The second kappa shape index (κ2) is 12.7. The van der Waals surface area contributed by atoms with Crippen molar-refractivity contribution in [2.75, 3.05) is 12.4 Å². The molecule has 40 heavy (non-hydrogen) atoms. The maximum absolute atomic E-state index is 14.4. The average molecular weight is 604 g/mol. The van der Waals surface area contributed by atoms with Gasteiger partial charge in [0.25, 0.3) is 0 Å². The Hall–Kier alpha value is -2.24. The topological polar surface area (TPSA) is 87.7 Å². The molecule has 1 fully saturated rings. The SMILES string of the molecule is COc1cc(-c2sc(F)cc2NC(=O)O[C@H](C)c2ccccc2Cl)ccc1-c1ccc(C2(C(=O)[O-])CC2)cc1.[K+]. The Bertz CT molecular complexity index is 1550. The van der Waals surface area contributed by atoms with Gasteiger partial charge in [-0.2, -0.15) is 4.39 Å². The van der Waals surface area contributed by atoms with E-state index in [2.05, 4.69) is 5.32 Å². The fourth-order valence-electron chi connectivity index (χ4n) is 4.61. The molecular formula is C30H24ClFKNO5S. The molecule has 3 aromatic carbocycles. The van der Waals surface area contributed by atoms with E-state index in [9.17, 15) is 19.1 Å². The first-order valence-electron chi connectivity index (χ1n) is 12.2. The van der Waals surface area contributed by atoms with Crippen LogP contribution < -0.4 is 66.5 Å². The van der Waals surface area contributed by atoms with Crippen LogP contribution in [0.25, 0.3) is 21.6 Å². The standard InChI is InChI=1S/C30H25ClFNO5S.K/c1-17(21-5-3-4-6-23(21)31)38-29(36)33-24-16-26(32)39-27(24)19-9-12-22(25(15-19)37-2)18-7-10-20(11-8-18)30(13-14-30)28(34)35;/h3-12,15-17H,13-14H2,1-2H3,(H,33,36)(H,34,35);/q;+1/p-1/t17-;/m1./s1. The molecule has 1 N–H and O–H groups in total. The van der Waals surface area contributed by atoms with Gasteiger partial charge in [-0.1, -0.05) is 66.2 Å². The number of ether oxygens (including phenoxy) is 2. The van der Waals surface area contributed by atoms with Gasteiger partial charge in [0, 0.05) is 27.6 Å². The smallest absolute Gasteiger partial charge is 0.549 e. The molecule has 0 spiro atoms. The zero-order valence-electron chi connectivity index (χ0n) is 22.1. The van der Waals surface area contributed by atoms with Crippen LogP contribution in [-0.4, -0.2) is 19.2 Å². The normalized spacial score (nSPS) is 14.0. The minimum atomic E-state index is -1.05. The maximum Gasteiger partial charge on any atom is 1.00 e. The average Bonchev–Trinajstić information content (AvgIpc) is 3.66. The fraction of sp³-hybridized carbons (Fsp3) is 0.200. The second-order valence-electron chi connectivity index (χ2n) is 9.35. The third kappa shape index (κ3) is 6.31. The Morgan fingerprint density at radius 1 is 1.05 bits per heavy atom. The van der Waals surface area contributed by atoms with Crippen LogP contribution in [0, 0.1) is 5.13 Å². The molecule has 1 saturated carbocycles. The van der Waals surface area contributed by atoms with Crippen LogP contribution >= 0.6 is 22.9 Å². The molecule has 1 amide bonds. The number of carboxylic acid groups (broad SMARTS) is 1. The summed E-state index contributed by atoms with van der Waals surface area (Å²) in [7, 11) is 1.54. The van der Waals surface area contributed by atoms with Crippen molar-refractivity contribution in [1.29, 1.82) is 0 Å². The summed E-state index contributed by atoms with van der Waals surface area (Å²) < 4.78 is 25.5. The summed E-state index contributed by atoms with van der Waals surface area (Å²) in [5.41, 5.74) is 3.03. The van der Waals surface area contributed by atoms with Crippen molar-refractivity contribution in [3.63, 3.8) is 0 Å². The first-order chi connectivity index (χ1) is 18.7. The summed E-state index contributed by atoms with van der Waals surface area (Å²) in [5, 5.41) is 14.2. The second-order valence-corrected chi connectivity index (χ2v) is 10.8. The quantitative estimate of drug-likeness (QED) is 0.308. The molecule has 0 bridgehead atoms. The van der Waals surface area contributed by atoms with Gasteiger partial charge in [0.1, 0.15) is 11.9 Å². The number of rotatable bonds is 8. The number of carboxylic acids is 1. The van der Waals surface area contributed by atoms with Crippen molar-refractivity contribution in [2.24, 2.45) is 0 Å². The van der Waals surface area contributed by atoms with E-state index in [0.29, 0.717) is 39.6 Å². The first-order valence-corrected chi connectivity index (χ1v) is 13.4. The number of amides is 1. The fourth-order valence-corrected chi connectivity index (χ4v) is 5.74. The summed E-state index contributed by atoms with van der Waals surface area (Å²) in [6.07, 6.45) is -0.201. The molecule has 1 heterocycles. The van der Waals surface area contributed by atoms with Gasteiger partial charge in [-0.15, -0.1) is 11.3 Å². The van der Waals surface area contributed by atoms with Gasteiger partial charge in [-0.05, 0) is 48.6 Å². The van der Waals surface area contributed by atoms with Crippen LogP contribution in [-0.2, 0) is 14.9 Å². The van der Waals surface area contributed by atoms with Gasteiger partial charge >= 0.3 is 57.5 Å². The van der Waals surface area contributed by atoms with E-state index < -0.39 is 28.7 Å². The third-order valence-electron chi connectivity index (χ3n) is 6.92. The molecule has 0 radical (unpaired) electrons. The molecule has 1 aromatic heterocycles. The van der Waals surface area contributed by atoms with Crippen LogP contribution in [0.15, 0.2) is 72.8 Å². The minimum absolute atomic E-state index is 0. The summed E-state index contributed by atoms with van der Waals surface area (Å²) >= 11 is 7.09. The molecule has 4 aromatic rings. The van der Waals surface area contributed by atoms with Crippen molar-refractivity contribution in [3.8, 4) is 27.3 Å². The first kappa shape index (κ1) is 30.7. The largest absolute Gasteiger partial charge is 1.00 e. The van der Waals surface area contributed by atoms with E-state index in [-0.39, 0.29) is 57.1 Å². The molecule has 200 valence electrons. The third-order valence-corrected chi connectivity index (χ3v) is 8.24.